The summed E-state index contributed by atoms with van der Waals surface area (Å²) in [5.74, 6) is -1.23. The highest BCUT2D eigenvalue weighted by Gasteiger charge is 2.27. The van der Waals surface area contributed by atoms with Gasteiger partial charge in [0.15, 0.2) is 6.61 Å². The first kappa shape index (κ1) is 15.9. The molecule has 1 fully saturated rings. The number of nitrogens with zero attached hydrogens (tertiary/aromatic N) is 1. The normalized spacial score (nSPS) is 13.7. The van der Waals surface area contributed by atoms with Crippen molar-refractivity contribution in [2.45, 2.75) is 0 Å². The fraction of sp³-hybridized carbons (Fsp3) is 0.308. The minimum atomic E-state index is -0.799. The van der Waals surface area contributed by atoms with Gasteiger partial charge in [-0.05, 0) is 6.07 Å². The van der Waals surface area contributed by atoms with E-state index in [1.54, 1.807) is 0 Å². The molecule has 3 amide bonds. The van der Waals surface area contributed by atoms with Crippen LogP contribution in [0.4, 0.5) is 10.5 Å². The van der Waals surface area contributed by atoms with Gasteiger partial charge in [0, 0.05) is 19.2 Å². The number of halogens is 1. The number of nitrogens with two attached hydrogens (primary N) is 1. The largest absolute Gasteiger partial charge is 0.496 e. The Labute approximate surface area is 131 Å². The third kappa shape index (κ3) is 3.22. The number of methoxy groups -OCH3 is 1. The van der Waals surface area contributed by atoms with Crippen molar-refractivity contribution in [1.29, 1.82) is 0 Å². The van der Waals surface area contributed by atoms with Gasteiger partial charge in [-0.1, -0.05) is 11.6 Å². The topological polar surface area (TPSA) is 111 Å². The molecule has 0 unspecified atom stereocenters. The van der Waals surface area contributed by atoms with Gasteiger partial charge in [0.25, 0.3) is 5.91 Å². The predicted octanol–water partition coefficient (Wildman–Crippen LogP) is 0.639. The van der Waals surface area contributed by atoms with Crippen LogP contribution in [-0.4, -0.2) is 49.6 Å². The summed E-state index contributed by atoms with van der Waals surface area (Å²) in [6, 6.07) is 2.17. The molecule has 1 aromatic rings. The second kappa shape index (κ2) is 6.52. The van der Waals surface area contributed by atoms with Crippen LogP contribution >= 0.6 is 11.6 Å². The lowest BCUT2D eigenvalue weighted by Gasteiger charge is -2.13. The van der Waals surface area contributed by atoms with Gasteiger partial charge in [0.05, 0.1) is 17.8 Å². The third-order valence-electron chi connectivity index (χ3n) is 3.02. The zero-order valence-corrected chi connectivity index (χ0v) is 12.5. The fourth-order valence-electron chi connectivity index (χ4n) is 1.89. The standard InChI is InChI=1S/C13H14ClN3O5/c1-21-10-5-9(15)8(14)4-7(10)12(19)22-6-11(18)17-3-2-16-13(17)20/h4-5H,2-3,6,15H2,1H3,(H,16,20). The number of benzene rings is 1. The van der Waals surface area contributed by atoms with Gasteiger partial charge in [0.1, 0.15) is 11.3 Å². The molecule has 1 aromatic carbocycles. The average molecular weight is 328 g/mol. The molecule has 1 aliphatic heterocycles. The highest BCUT2D eigenvalue weighted by Crippen LogP contribution is 2.29. The van der Waals surface area contributed by atoms with E-state index < -0.39 is 24.5 Å². The Morgan fingerprint density at radius 1 is 1.45 bits per heavy atom. The van der Waals surface area contributed by atoms with Crippen molar-refractivity contribution in [3.05, 3.63) is 22.7 Å². The SMILES string of the molecule is COc1cc(N)c(Cl)cc1C(=O)OCC(=O)N1CCNC1=O. The Hall–Kier alpha value is -2.48. The fourth-order valence-corrected chi connectivity index (χ4v) is 2.05. The van der Waals surface area contributed by atoms with E-state index in [0.29, 0.717) is 6.54 Å². The van der Waals surface area contributed by atoms with Crippen molar-refractivity contribution in [1.82, 2.24) is 10.2 Å². The molecule has 22 heavy (non-hydrogen) atoms. The second-order valence-electron chi connectivity index (χ2n) is 4.43. The number of rotatable bonds is 4. The smallest absolute Gasteiger partial charge is 0.342 e. The first-order valence-electron chi connectivity index (χ1n) is 6.32. The molecule has 1 aliphatic rings. The lowest BCUT2D eigenvalue weighted by molar-refractivity contribution is -0.130. The van der Waals surface area contributed by atoms with Crippen molar-refractivity contribution >= 4 is 35.2 Å². The summed E-state index contributed by atoms with van der Waals surface area (Å²) < 4.78 is 9.93. The van der Waals surface area contributed by atoms with Gasteiger partial charge in [-0.15, -0.1) is 0 Å². The molecule has 1 saturated heterocycles. The molecule has 0 radical (unpaired) electrons. The van der Waals surface area contributed by atoms with Crippen LogP contribution in [0.3, 0.4) is 0 Å². The first-order valence-corrected chi connectivity index (χ1v) is 6.70. The summed E-state index contributed by atoms with van der Waals surface area (Å²) in [5.41, 5.74) is 5.91. The quantitative estimate of drug-likeness (QED) is 0.620. The van der Waals surface area contributed by atoms with Crippen LogP contribution in [0.2, 0.25) is 5.02 Å². The van der Waals surface area contributed by atoms with Crippen molar-refractivity contribution in [3.63, 3.8) is 0 Å². The van der Waals surface area contributed by atoms with Gasteiger partial charge >= 0.3 is 12.0 Å². The minimum absolute atomic E-state index is 0.0420. The molecule has 3 N–H and O–H groups in total. The van der Waals surface area contributed by atoms with Crippen LogP contribution in [-0.2, 0) is 9.53 Å². The van der Waals surface area contributed by atoms with Crippen molar-refractivity contribution in [3.8, 4) is 5.75 Å². The van der Waals surface area contributed by atoms with Gasteiger partial charge < -0.3 is 20.5 Å². The molecule has 2 rings (SSSR count). The molecule has 9 heteroatoms. The van der Waals surface area contributed by atoms with E-state index in [-0.39, 0.29) is 28.6 Å². The van der Waals surface area contributed by atoms with Gasteiger partial charge in [-0.3, -0.25) is 9.69 Å². The van der Waals surface area contributed by atoms with Crippen molar-refractivity contribution < 1.29 is 23.9 Å². The van der Waals surface area contributed by atoms with E-state index >= 15 is 0 Å². The van der Waals surface area contributed by atoms with Gasteiger partial charge in [-0.25, -0.2) is 9.59 Å². The number of nitrogens with one attached hydrogen (secondary N) is 1. The highest BCUT2D eigenvalue weighted by atomic mass is 35.5. The number of hydrogen-bond donors (Lipinski definition) is 2. The molecule has 118 valence electrons. The van der Waals surface area contributed by atoms with Crippen LogP contribution < -0.4 is 15.8 Å². The summed E-state index contributed by atoms with van der Waals surface area (Å²) in [7, 11) is 1.36. The maximum absolute atomic E-state index is 12.0. The highest BCUT2D eigenvalue weighted by molar-refractivity contribution is 6.33. The molecule has 0 bridgehead atoms. The molecule has 8 nitrogen and oxygen atoms in total. The number of esters is 1. The molecule has 0 spiro atoms. The Morgan fingerprint density at radius 2 is 2.18 bits per heavy atom. The van der Waals surface area contributed by atoms with Gasteiger partial charge in [0.2, 0.25) is 0 Å². The molecule has 0 saturated carbocycles. The zero-order chi connectivity index (χ0) is 16.3. The Kier molecular flexibility index (Phi) is 4.71. The van der Waals surface area contributed by atoms with Crippen LogP contribution in [0.1, 0.15) is 10.4 Å². The Morgan fingerprint density at radius 3 is 2.77 bits per heavy atom. The summed E-state index contributed by atoms with van der Waals surface area (Å²) in [4.78, 5) is 36.1. The zero-order valence-electron chi connectivity index (χ0n) is 11.7. The van der Waals surface area contributed by atoms with Gasteiger partial charge in [-0.2, -0.15) is 0 Å². The van der Waals surface area contributed by atoms with Crippen LogP contribution in [0.5, 0.6) is 5.75 Å². The number of anilines is 1. The summed E-state index contributed by atoms with van der Waals surface area (Å²) >= 11 is 5.86. The van der Waals surface area contributed by atoms with Crippen LogP contribution in [0.25, 0.3) is 0 Å². The van der Waals surface area contributed by atoms with E-state index in [9.17, 15) is 14.4 Å². The average Bonchev–Trinajstić information content (AvgIpc) is 2.92. The predicted molar refractivity (Wildman–Crippen MR) is 77.8 cm³/mol. The number of carbonyl (C=O) groups is 3. The van der Waals surface area contributed by atoms with E-state index in [1.807, 2.05) is 0 Å². The van der Waals surface area contributed by atoms with E-state index in [2.05, 4.69) is 5.32 Å². The van der Waals surface area contributed by atoms with Crippen molar-refractivity contribution in [2.75, 3.05) is 32.5 Å². The lowest BCUT2D eigenvalue weighted by atomic mass is 10.2. The molecule has 0 atom stereocenters. The Bertz CT molecular complexity index is 634. The number of carbonyl (C=O) groups excluding carboxylic acids is 3. The number of ether oxygens (including phenoxy) is 2. The number of nitrogen functional groups attached to an aromatic ring is 1. The molecular weight excluding hydrogens is 314 g/mol. The third-order valence-corrected chi connectivity index (χ3v) is 3.35. The minimum Gasteiger partial charge on any atom is -0.496 e. The van der Waals surface area contributed by atoms with Crippen molar-refractivity contribution in [2.24, 2.45) is 0 Å². The first-order chi connectivity index (χ1) is 10.4. The molecule has 0 aliphatic carbocycles. The monoisotopic (exact) mass is 327 g/mol. The summed E-state index contributed by atoms with van der Waals surface area (Å²) in [6.45, 7) is 0.0591. The molecule has 0 aromatic heterocycles. The van der Waals surface area contributed by atoms with E-state index in [0.717, 1.165) is 4.90 Å². The second-order valence-corrected chi connectivity index (χ2v) is 4.83. The molecule has 1 heterocycles. The maximum Gasteiger partial charge on any atom is 0.342 e. The van der Waals surface area contributed by atoms with Crippen LogP contribution in [0, 0.1) is 0 Å². The maximum atomic E-state index is 12.0. The number of imide groups is 1. The van der Waals surface area contributed by atoms with Crippen LogP contribution in [0.15, 0.2) is 12.1 Å². The molecular formula is C13H14ClN3O5. The van der Waals surface area contributed by atoms with E-state index in [1.165, 1.54) is 19.2 Å². The summed E-state index contributed by atoms with van der Waals surface area (Å²) in [5, 5.41) is 2.64. The Balaban J connectivity index is 2.05. The lowest BCUT2D eigenvalue weighted by Crippen LogP contribution is -2.37. The summed E-state index contributed by atoms with van der Waals surface area (Å²) in [6.07, 6.45) is 0. The number of urea groups is 1. The number of amides is 3. The van der Waals surface area contributed by atoms with E-state index in [4.69, 9.17) is 26.8 Å². The number of hydrogen-bond acceptors (Lipinski definition) is 6.